The first-order valence-corrected chi connectivity index (χ1v) is 7.71. The zero-order valence-corrected chi connectivity index (χ0v) is 11.7. The molecule has 18 heavy (non-hydrogen) atoms. The lowest BCUT2D eigenvalue weighted by atomic mass is 9.99. The highest BCUT2D eigenvalue weighted by atomic mass is 32.2. The van der Waals surface area contributed by atoms with E-state index >= 15 is 0 Å². The van der Waals surface area contributed by atoms with Crippen LogP contribution in [0.4, 0.5) is 0 Å². The molecule has 2 fully saturated rings. The molecule has 0 saturated carbocycles. The topological polar surface area (TPSA) is 59.6 Å². The fraction of sp³-hybridized carbons (Fsp3) is 0.917. The van der Waals surface area contributed by atoms with Gasteiger partial charge in [0.25, 0.3) is 5.91 Å². The fourth-order valence-electron chi connectivity index (χ4n) is 2.29. The Morgan fingerprint density at radius 1 is 1.44 bits per heavy atom. The van der Waals surface area contributed by atoms with Crippen molar-refractivity contribution in [3.05, 3.63) is 0 Å². The zero-order valence-electron chi connectivity index (χ0n) is 10.9. The molecule has 2 heterocycles. The SMILES string of the molecule is CSC1(CNC(=O)C2CNCCO2)CCOCC1. The molecule has 6 heteroatoms. The summed E-state index contributed by atoms with van der Waals surface area (Å²) in [6.07, 6.45) is 3.77. The lowest BCUT2D eigenvalue weighted by Gasteiger charge is -2.36. The maximum Gasteiger partial charge on any atom is 0.250 e. The summed E-state index contributed by atoms with van der Waals surface area (Å²) in [6.45, 7) is 4.34. The number of ether oxygens (including phenoxy) is 2. The van der Waals surface area contributed by atoms with E-state index in [1.165, 1.54) is 0 Å². The van der Waals surface area contributed by atoms with Gasteiger partial charge >= 0.3 is 0 Å². The Labute approximate surface area is 112 Å². The second-order valence-corrected chi connectivity index (χ2v) is 6.06. The highest BCUT2D eigenvalue weighted by Gasteiger charge is 2.33. The first-order chi connectivity index (χ1) is 8.76. The van der Waals surface area contributed by atoms with Gasteiger partial charge in [0, 0.05) is 37.6 Å². The van der Waals surface area contributed by atoms with Crippen molar-refractivity contribution in [1.82, 2.24) is 10.6 Å². The molecule has 2 aliphatic heterocycles. The van der Waals surface area contributed by atoms with E-state index in [1.807, 2.05) is 11.8 Å². The summed E-state index contributed by atoms with van der Waals surface area (Å²) < 4.78 is 11.0. The van der Waals surface area contributed by atoms with Gasteiger partial charge in [-0.1, -0.05) is 0 Å². The molecule has 1 amide bonds. The Morgan fingerprint density at radius 3 is 2.83 bits per heavy atom. The van der Waals surface area contributed by atoms with Crippen LogP contribution in [0.5, 0.6) is 0 Å². The van der Waals surface area contributed by atoms with E-state index in [1.54, 1.807) is 0 Å². The van der Waals surface area contributed by atoms with Crippen molar-refractivity contribution in [2.75, 3.05) is 45.7 Å². The lowest BCUT2D eigenvalue weighted by molar-refractivity contribution is -0.134. The molecule has 0 spiro atoms. The Kier molecular flexibility index (Phi) is 5.29. The van der Waals surface area contributed by atoms with Crippen molar-refractivity contribution < 1.29 is 14.3 Å². The molecule has 2 aliphatic rings. The number of hydrogen-bond donors (Lipinski definition) is 2. The fourth-order valence-corrected chi connectivity index (χ4v) is 3.08. The molecule has 0 aromatic heterocycles. The normalized spacial score (nSPS) is 27.7. The van der Waals surface area contributed by atoms with E-state index in [0.29, 0.717) is 19.7 Å². The number of nitrogens with one attached hydrogen (secondary N) is 2. The molecule has 0 aliphatic carbocycles. The summed E-state index contributed by atoms with van der Waals surface area (Å²) in [5, 5.41) is 6.20. The smallest absolute Gasteiger partial charge is 0.250 e. The van der Waals surface area contributed by atoms with Crippen molar-refractivity contribution in [2.45, 2.75) is 23.7 Å². The number of carbonyl (C=O) groups is 1. The minimum atomic E-state index is -0.336. The third-order valence-electron chi connectivity index (χ3n) is 3.64. The van der Waals surface area contributed by atoms with Gasteiger partial charge in [0.15, 0.2) is 0 Å². The van der Waals surface area contributed by atoms with E-state index in [-0.39, 0.29) is 16.8 Å². The van der Waals surface area contributed by atoms with Crippen LogP contribution in [0.15, 0.2) is 0 Å². The third-order valence-corrected chi connectivity index (χ3v) is 5.06. The molecule has 2 saturated heterocycles. The number of rotatable bonds is 4. The molecule has 1 unspecified atom stereocenters. The van der Waals surface area contributed by atoms with E-state index in [2.05, 4.69) is 16.9 Å². The van der Waals surface area contributed by atoms with Crippen LogP contribution in [0.25, 0.3) is 0 Å². The third kappa shape index (κ3) is 3.60. The molecular weight excluding hydrogens is 252 g/mol. The van der Waals surface area contributed by atoms with Gasteiger partial charge in [-0.3, -0.25) is 4.79 Å². The molecule has 5 nitrogen and oxygen atoms in total. The minimum absolute atomic E-state index is 0.00196. The Balaban J connectivity index is 1.79. The van der Waals surface area contributed by atoms with Crippen LogP contribution < -0.4 is 10.6 Å². The second kappa shape index (κ2) is 6.75. The standard InChI is InChI=1S/C12H22N2O3S/c1-18-12(2-5-16-6-3-12)9-14-11(15)10-8-13-4-7-17-10/h10,13H,2-9H2,1H3,(H,14,15). The van der Waals surface area contributed by atoms with Crippen LogP contribution in [0.1, 0.15) is 12.8 Å². The Bertz CT molecular complexity index is 276. The number of amides is 1. The van der Waals surface area contributed by atoms with Crippen LogP contribution in [-0.4, -0.2) is 62.5 Å². The zero-order chi connectivity index (χ0) is 12.8. The number of carbonyl (C=O) groups excluding carboxylic acids is 1. The van der Waals surface area contributed by atoms with Crippen LogP contribution in [0.3, 0.4) is 0 Å². The maximum atomic E-state index is 12.0. The van der Waals surface area contributed by atoms with Gasteiger partial charge < -0.3 is 20.1 Å². The molecule has 1 atom stereocenters. The summed E-state index contributed by atoms with van der Waals surface area (Å²) in [7, 11) is 0. The quantitative estimate of drug-likeness (QED) is 0.756. The highest BCUT2D eigenvalue weighted by Crippen LogP contribution is 2.32. The first-order valence-electron chi connectivity index (χ1n) is 6.49. The lowest BCUT2D eigenvalue weighted by Crippen LogP contribution is -2.51. The van der Waals surface area contributed by atoms with Gasteiger partial charge in [-0.25, -0.2) is 0 Å². The van der Waals surface area contributed by atoms with Gasteiger partial charge in [-0.05, 0) is 19.1 Å². The second-order valence-electron chi connectivity index (χ2n) is 4.78. The molecule has 2 rings (SSSR count). The maximum absolute atomic E-state index is 12.0. The molecule has 104 valence electrons. The Hall–Kier alpha value is -0.300. The monoisotopic (exact) mass is 274 g/mol. The number of hydrogen-bond acceptors (Lipinski definition) is 5. The van der Waals surface area contributed by atoms with Crippen LogP contribution in [-0.2, 0) is 14.3 Å². The van der Waals surface area contributed by atoms with Crippen molar-refractivity contribution in [3.63, 3.8) is 0 Å². The molecule has 2 N–H and O–H groups in total. The van der Waals surface area contributed by atoms with Crippen molar-refractivity contribution >= 4 is 17.7 Å². The molecule has 0 aromatic rings. The summed E-state index contributed by atoms with van der Waals surface area (Å²) in [6, 6.07) is 0. The van der Waals surface area contributed by atoms with Crippen molar-refractivity contribution in [3.8, 4) is 0 Å². The van der Waals surface area contributed by atoms with Gasteiger partial charge in [-0.2, -0.15) is 11.8 Å². The summed E-state index contributed by atoms with van der Waals surface area (Å²) in [4.78, 5) is 12.0. The van der Waals surface area contributed by atoms with Crippen LogP contribution in [0.2, 0.25) is 0 Å². The van der Waals surface area contributed by atoms with Crippen LogP contribution in [0, 0.1) is 0 Å². The van der Waals surface area contributed by atoms with E-state index in [4.69, 9.17) is 9.47 Å². The minimum Gasteiger partial charge on any atom is -0.381 e. The summed E-state index contributed by atoms with van der Waals surface area (Å²) >= 11 is 1.83. The molecule has 0 radical (unpaired) electrons. The molecular formula is C12H22N2O3S. The molecule has 0 bridgehead atoms. The van der Waals surface area contributed by atoms with Gasteiger partial charge in [0.2, 0.25) is 0 Å². The average molecular weight is 274 g/mol. The first kappa shape index (κ1) is 14.1. The Morgan fingerprint density at radius 2 is 2.22 bits per heavy atom. The van der Waals surface area contributed by atoms with Crippen LogP contribution >= 0.6 is 11.8 Å². The van der Waals surface area contributed by atoms with Gasteiger partial charge in [0.1, 0.15) is 6.10 Å². The summed E-state index contributed by atoms with van der Waals surface area (Å²) in [5.41, 5.74) is 0. The van der Waals surface area contributed by atoms with E-state index in [9.17, 15) is 4.79 Å². The molecule has 0 aromatic carbocycles. The average Bonchev–Trinajstić information content (AvgIpc) is 2.47. The van der Waals surface area contributed by atoms with Gasteiger partial charge in [0.05, 0.1) is 6.61 Å². The highest BCUT2D eigenvalue weighted by molar-refractivity contribution is 8.00. The summed E-state index contributed by atoms with van der Waals surface area (Å²) in [5.74, 6) is 0.00196. The van der Waals surface area contributed by atoms with E-state index in [0.717, 1.165) is 32.6 Å². The number of morpholine rings is 1. The van der Waals surface area contributed by atoms with Crippen molar-refractivity contribution in [2.24, 2.45) is 0 Å². The van der Waals surface area contributed by atoms with Crippen molar-refractivity contribution in [1.29, 1.82) is 0 Å². The van der Waals surface area contributed by atoms with Gasteiger partial charge in [-0.15, -0.1) is 0 Å². The van der Waals surface area contributed by atoms with E-state index < -0.39 is 0 Å². The largest absolute Gasteiger partial charge is 0.381 e. The predicted molar refractivity (Wildman–Crippen MR) is 71.9 cm³/mol. The predicted octanol–water partition coefficient (Wildman–Crippen LogP) is 0.00320. The number of thioether (sulfide) groups is 1.